The van der Waals surface area contributed by atoms with E-state index in [1.807, 2.05) is 6.92 Å². The number of fused-ring (bicyclic) bond motifs is 1. The van der Waals surface area contributed by atoms with Crippen molar-refractivity contribution in [3.63, 3.8) is 0 Å². The number of aromatic nitrogens is 3. The Hall–Kier alpha value is -3.75. The molecule has 3 rings (SSSR count). The molecule has 2 N–H and O–H groups in total. The molecular weight excluding hydrogens is 362 g/mol. The van der Waals surface area contributed by atoms with Crippen molar-refractivity contribution in [1.29, 1.82) is 0 Å². The van der Waals surface area contributed by atoms with Crippen LogP contribution in [0.25, 0.3) is 11.0 Å². The van der Waals surface area contributed by atoms with Crippen LogP contribution in [0.3, 0.4) is 0 Å². The predicted molar refractivity (Wildman–Crippen MR) is 103 cm³/mol. The average molecular weight is 381 g/mol. The predicted octanol–water partition coefficient (Wildman–Crippen LogP) is 2.21. The zero-order valence-corrected chi connectivity index (χ0v) is 15.4. The summed E-state index contributed by atoms with van der Waals surface area (Å²) in [7, 11) is 0. The number of amides is 2. The van der Waals surface area contributed by atoms with E-state index in [0.717, 1.165) is 5.52 Å². The lowest BCUT2D eigenvalue weighted by molar-refractivity contribution is -0.119. The second kappa shape index (κ2) is 8.30. The van der Waals surface area contributed by atoms with Crippen molar-refractivity contribution in [3.05, 3.63) is 48.0 Å². The number of esters is 1. The maximum Gasteiger partial charge on any atom is 0.338 e. The van der Waals surface area contributed by atoms with Crippen LogP contribution in [0.15, 0.2) is 42.5 Å². The summed E-state index contributed by atoms with van der Waals surface area (Å²) in [6, 6.07) is 11.6. The van der Waals surface area contributed by atoms with Gasteiger partial charge in [0.25, 0.3) is 5.91 Å². The Morgan fingerprint density at radius 1 is 1.07 bits per heavy atom. The van der Waals surface area contributed by atoms with E-state index in [1.54, 1.807) is 47.1 Å². The molecule has 9 heteroatoms. The summed E-state index contributed by atoms with van der Waals surface area (Å²) in [6.45, 7) is 3.57. The third-order valence-electron chi connectivity index (χ3n) is 3.85. The monoisotopic (exact) mass is 381 g/mol. The smallest absolute Gasteiger partial charge is 0.338 e. The number of ether oxygens (including phenoxy) is 1. The van der Waals surface area contributed by atoms with Gasteiger partial charge in [0, 0.05) is 24.8 Å². The molecule has 2 aromatic carbocycles. The van der Waals surface area contributed by atoms with Crippen molar-refractivity contribution in [2.24, 2.45) is 0 Å². The number of benzene rings is 2. The molecule has 1 aromatic heterocycles. The van der Waals surface area contributed by atoms with Gasteiger partial charge in [-0.3, -0.25) is 9.59 Å². The number of carbonyl (C=O) groups is 3. The zero-order chi connectivity index (χ0) is 20.1. The van der Waals surface area contributed by atoms with Gasteiger partial charge in [0.2, 0.25) is 5.91 Å². The van der Waals surface area contributed by atoms with Crippen molar-refractivity contribution in [2.45, 2.75) is 20.4 Å². The first-order valence-corrected chi connectivity index (χ1v) is 8.64. The van der Waals surface area contributed by atoms with Gasteiger partial charge in [0.15, 0.2) is 6.61 Å². The molecule has 0 unspecified atom stereocenters. The van der Waals surface area contributed by atoms with E-state index >= 15 is 0 Å². The fraction of sp³-hybridized carbons (Fsp3) is 0.211. The first kappa shape index (κ1) is 19.0. The molecule has 0 radical (unpaired) electrons. The highest BCUT2D eigenvalue weighted by molar-refractivity contribution is 5.97. The number of nitrogens with zero attached hydrogens (tertiary/aromatic N) is 3. The van der Waals surface area contributed by atoms with Crippen molar-refractivity contribution < 1.29 is 19.1 Å². The van der Waals surface area contributed by atoms with Crippen LogP contribution >= 0.6 is 0 Å². The molecule has 0 aliphatic rings. The molecule has 0 aliphatic heterocycles. The van der Waals surface area contributed by atoms with Crippen molar-refractivity contribution in [3.8, 4) is 0 Å². The molecule has 0 saturated heterocycles. The van der Waals surface area contributed by atoms with E-state index in [2.05, 4.69) is 20.9 Å². The quantitative estimate of drug-likeness (QED) is 0.633. The van der Waals surface area contributed by atoms with Crippen LogP contribution in [0.4, 0.5) is 11.4 Å². The first-order valence-electron chi connectivity index (χ1n) is 8.64. The summed E-state index contributed by atoms with van der Waals surface area (Å²) in [5.41, 5.74) is 2.71. The van der Waals surface area contributed by atoms with Crippen molar-refractivity contribution in [2.75, 3.05) is 17.2 Å². The van der Waals surface area contributed by atoms with E-state index in [9.17, 15) is 14.4 Å². The fourth-order valence-corrected chi connectivity index (χ4v) is 2.62. The van der Waals surface area contributed by atoms with Crippen LogP contribution in [0.1, 0.15) is 24.2 Å². The molecular formula is C19H19N5O4. The minimum absolute atomic E-state index is 0.214. The molecule has 0 saturated carbocycles. The lowest BCUT2D eigenvalue weighted by Crippen LogP contribution is -2.21. The first-order chi connectivity index (χ1) is 13.5. The van der Waals surface area contributed by atoms with Gasteiger partial charge < -0.3 is 15.4 Å². The number of aryl methyl sites for hydroxylation is 1. The molecule has 28 heavy (non-hydrogen) atoms. The van der Waals surface area contributed by atoms with E-state index in [4.69, 9.17) is 4.74 Å². The molecule has 0 bridgehead atoms. The van der Waals surface area contributed by atoms with Gasteiger partial charge in [-0.05, 0) is 43.3 Å². The van der Waals surface area contributed by atoms with Crippen LogP contribution < -0.4 is 10.6 Å². The standard InChI is InChI=1S/C19H19N5O4/c1-3-24-17-8-7-13(9-16(17)22-23-24)19(27)28-11-18(26)21-15-6-4-5-14(10-15)20-12(2)25/h4-10H,3,11H2,1-2H3,(H,20,25)(H,21,26). The number of rotatable bonds is 6. The Balaban J connectivity index is 1.58. The maximum absolute atomic E-state index is 12.2. The summed E-state index contributed by atoms with van der Waals surface area (Å²) < 4.78 is 6.78. The summed E-state index contributed by atoms with van der Waals surface area (Å²) in [4.78, 5) is 35.3. The largest absolute Gasteiger partial charge is 0.452 e. The summed E-state index contributed by atoms with van der Waals surface area (Å²) in [6.07, 6.45) is 0. The number of hydrogen-bond donors (Lipinski definition) is 2. The number of anilines is 2. The van der Waals surface area contributed by atoms with Gasteiger partial charge in [0.05, 0.1) is 11.1 Å². The van der Waals surface area contributed by atoms with E-state index in [1.165, 1.54) is 6.92 Å². The van der Waals surface area contributed by atoms with Gasteiger partial charge in [0.1, 0.15) is 5.52 Å². The molecule has 144 valence electrons. The molecule has 0 spiro atoms. The average Bonchev–Trinajstić information content (AvgIpc) is 3.08. The molecule has 3 aromatic rings. The van der Waals surface area contributed by atoms with E-state index < -0.39 is 18.5 Å². The second-order valence-electron chi connectivity index (χ2n) is 5.99. The van der Waals surface area contributed by atoms with Crippen LogP contribution in [-0.2, 0) is 20.9 Å². The highest BCUT2D eigenvalue weighted by atomic mass is 16.5. The third-order valence-corrected chi connectivity index (χ3v) is 3.85. The highest BCUT2D eigenvalue weighted by Gasteiger charge is 2.13. The zero-order valence-electron chi connectivity index (χ0n) is 15.4. The van der Waals surface area contributed by atoms with Gasteiger partial charge in [-0.1, -0.05) is 11.3 Å². The normalized spacial score (nSPS) is 10.5. The van der Waals surface area contributed by atoms with Crippen LogP contribution in [0.2, 0.25) is 0 Å². The Kier molecular flexibility index (Phi) is 5.64. The minimum atomic E-state index is -0.630. The Morgan fingerprint density at radius 3 is 2.54 bits per heavy atom. The van der Waals surface area contributed by atoms with E-state index in [0.29, 0.717) is 23.4 Å². The second-order valence-corrected chi connectivity index (χ2v) is 5.99. The Labute approximate surface area is 160 Å². The fourth-order valence-electron chi connectivity index (χ4n) is 2.62. The van der Waals surface area contributed by atoms with Gasteiger partial charge in [-0.15, -0.1) is 5.10 Å². The van der Waals surface area contributed by atoms with Gasteiger partial charge in [-0.25, -0.2) is 9.48 Å². The minimum Gasteiger partial charge on any atom is -0.452 e. The highest BCUT2D eigenvalue weighted by Crippen LogP contribution is 2.16. The molecule has 0 atom stereocenters. The Bertz CT molecular complexity index is 1040. The van der Waals surface area contributed by atoms with Gasteiger partial charge >= 0.3 is 5.97 Å². The number of carbonyl (C=O) groups excluding carboxylic acids is 3. The molecule has 9 nitrogen and oxygen atoms in total. The number of hydrogen-bond acceptors (Lipinski definition) is 6. The lowest BCUT2D eigenvalue weighted by Gasteiger charge is -2.08. The Morgan fingerprint density at radius 2 is 1.82 bits per heavy atom. The summed E-state index contributed by atoms with van der Waals surface area (Å²) >= 11 is 0. The van der Waals surface area contributed by atoms with Crippen molar-refractivity contribution in [1.82, 2.24) is 15.0 Å². The molecule has 1 heterocycles. The summed E-state index contributed by atoms with van der Waals surface area (Å²) in [5.74, 6) is -1.34. The number of nitrogens with one attached hydrogen (secondary N) is 2. The van der Waals surface area contributed by atoms with Gasteiger partial charge in [-0.2, -0.15) is 0 Å². The van der Waals surface area contributed by atoms with E-state index in [-0.39, 0.29) is 11.5 Å². The molecule has 0 fully saturated rings. The summed E-state index contributed by atoms with van der Waals surface area (Å²) in [5, 5.41) is 13.2. The van der Waals surface area contributed by atoms with Crippen LogP contribution in [-0.4, -0.2) is 39.4 Å². The molecule has 0 aliphatic carbocycles. The molecule has 2 amide bonds. The topological polar surface area (TPSA) is 115 Å². The lowest BCUT2D eigenvalue weighted by atomic mass is 10.2. The van der Waals surface area contributed by atoms with Crippen LogP contribution in [0, 0.1) is 0 Å². The SMILES string of the molecule is CCn1nnc2cc(C(=O)OCC(=O)Nc3cccc(NC(C)=O)c3)ccc21. The van der Waals surface area contributed by atoms with Crippen LogP contribution in [0.5, 0.6) is 0 Å². The maximum atomic E-state index is 12.2. The third kappa shape index (κ3) is 4.50. The van der Waals surface area contributed by atoms with Crippen molar-refractivity contribution >= 4 is 40.2 Å².